The van der Waals surface area contributed by atoms with Crippen LogP contribution in [-0.2, 0) is 13.0 Å². The predicted octanol–water partition coefficient (Wildman–Crippen LogP) is 3.86. The molecule has 7 heteroatoms. The molecule has 0 saturated heterocycles. The van der Waals surface area contributed by atoms with Crippen LogP contribution in [0.1, 0.15) is 42.4 Å². The number of anilines is 1. The van der Waals surface area contributed by atoms with Crippen molar-refractivity contribution in [2.45, 2.75) is 39.3 Å². The molecular formula is C21H21N5O2. The maximum Gasteiger partial charge on any atom is 0.335 e. The van der Waals surface area contributed by atoms with Crippen LogP contribution in [0.15, 0.2) is 30.6 Å². The first kappa shape index (κ1) is 16.8. The fourth-order valence-corrected chi connectivity index (χ4v) is 4.52. The second-order valence-electron chi connectivity index (χ2n) is 7.61. The molecule has 0 bridgehead atoms. The second-order valence-corrected chi connectivity index (χ2v) is 7.61. The van der Waals surface area contributed by atoms with Gasteiger partial charge in [-0.05, 0) is 44.9 Å². The van der Waals surface area contributed by atoms with Gasteiger partial charge in [0.15, 0.2) is 0 Å². The Bertz CT molecular complexity index is 1270. The summed E-state index contributed by atoms with van der Waals surface area (Å²) in [4.78, 5) is 20.3. The number of carboxylic acids is 1. The van der Waals surface area contributed by atoms with Gasteiger partial charge in [-0.15, -0.1) is 0 Å². The van der Waals surface area contributed by atoms with Gasteiger partial charge in [0.25, 0.3) is 0 Å². The first-order valence-corrected chi connectivity index (χ1v) is 9.47. The average Bonchev–Trinajstić information content (AvgIpc) is 3.12. The van der Waals surface area contributed by atoms with Gasteiger partial charge in [0.1, 0.15) is 17.8 Å². The molecule has 1 aliphatic rings. The number of nitrogens with two attached hydrogens (primary N) is 1. The lowest BCUT2D eigenvalue weighted by molar-refractivity contribution is 0.0697. The summed E-state index contributed by atoms with van der Waals surface area (Å²) in [7, 11) is 0. The highest BCUT2D eigenvalue weighted by molar-refractivity contribution is 6.05. The number of carbonyl (C=O) groups is 1. The van der Waals surface area contributed by atoms with Crippen molar-refractivity contribution in [2.75, 3.05) is 5.73 Å². The van der Waals surface area contributed by atoms with Crippen molar-refractivity contribution in [3.05, 3.63) is 41.9 Å². The number of aryl methyl sites for hydroxylation is 1. The Labute approximate surface area is 161 Å². The third-order valence-electron chi connectivity index (χ3n) is 5.63. The number of hydrogen-bond donors (Lipinski definition) is 2. The van der Waals surface area contributed by atoms with Crippen LogP contribution in [0.4, 0.5) is 5.82 Å². The van der Waals surface area contributed by atoms with E-state index in [0.717, 1.165) is 52.6 Å². The van der Waals surface area contributed by atoms with Gasteiger partial charge in [0.2, 0.25) is 0 Å². The number of benzene rings is 1. The van der Waals surface area contributed by atoms with Crippen LogP contribution in [-0.4, -0.2) is 30.2 Å². The van der Waals surface area contributed by atoms with E-state index in [4.69, 9.17) is 5.73 Å². The van der Waals surface area contributed by atoms with Gasteiger partial charge in [-0.1, -0.05) is 6.07 Å². The summed E-state index contributed by atoms with van der Waals surface area (Å²) in [5.41, 5.74) is 11.7. The van der Waals surface area contributed by atoms with Crippen molar-refractivity contribution in [1.82, 2.24) is 19.1 Å². The molecule has 142 valence electrons. The average molecular weight is 375 g/mol. The maximum absolute atomic E-state index is 11.5. The third kappa shape index (κ3) is 2.19. The van der Waals surface area contributed by atoms with Crippen LogP contribution in [0.5, 0.6) is 0 Å². The first-order valence-electron chi connectivity index (χ1n) is 9.47. The van der Waals surface area contributed by atoms with Crippen LogP contribution < -0.4 is 5.73 Å². The standard InChI is InChI=1S/C21H21N5O2/c1-11(2)26-14-4-3-7-25-15-9-13(21(27)28)6-5-12(15)8-16(25)17(14)18-19(22)23-10-24-20(18)26/h5-6,8-11H,3-4,7H2,1-2H3,(H,27,28)(H2,22,23,24). The number of aromatic carboxylic acids is 1. The highest BCUT2D eigenvalue weighted by Crippen LogP contribution is 2.42. The SMILES string of the molecule is CC(C)n1c2c(c3c(N)ncnc31)-c1cc3ccc(C(=O)O)cc3n1CCC2. The monoisotopic (exact) mass is 375 g/mol. The minimum absolute atomic E-state index is 0.245. The van der Waals surface area contributed by atoms with E-state index in [-0.39, 0.29) is 6.04 Å². The summed E-state index contributed by atoms with van der Waals surface area (Å²) < 4.78 is 4.48. The van der Waals surface area contributed by atoms with Crippen molar-refractivity contribution in [3.63, 3.8) is 0 Å². The molecule has 0 saturated carbocycles. The summed E-state index contributed by atoms with van der Waals surface area (Å²) >= 11 is 0. The highest BCUT2D eigenvalue weighted by atomic mass is 16.4. The van der Waals surface area contributed by atoms with Gasteiger partial charge in [-0.25, -0.2) is 14.8 Å². The summed E-state index contributed by atoms with van der Waals surface area (Å²) in [6.45, 7) is 5.12. The van der Waals surface area contributed by atoms with Gasteiger partial charge in [-0.2, -0.15) is 0 Å². The van der Waals surface area contributed by atoms with E-state index in [1.807, 2.05) is 6.07 Å². The Balaban J connectivity index is 1.91. The van der Waals surface area contributed by atoms with E-state index in [1.54, 1.807) is 12.1 Å². The Kier molecular flexibility index (Phi) is 3.49. The van der Waals surface area contributed by atoms with Crippen LogP contribution in [0, 0.1) is 0 Å². The van der Waals surface area contributed by atoms with Gasteiger partial charge in [0.05, 0.1) is 16.6 Å². The predicted molar refractivity (Wildman–Crippen MR) is 109 cm³/mol. The summed E-state index contributed by atoms with van der Waals surface area (Å²) in [5, 5.41) is 11.3. The third-order valence-corrected chi connectivity index (χ3v) is 5.63. The molecule has 1 aliphatic heterocycles. The van der Waals surface area contributed by atoms with E-state index in [2.05, 4.69) is 39.0 Å². The minimum Gasteiger partial charge on any atom is -0.478 e. The summed E-state index contributed by atoms with van der Waals surface area (Å²) in [6.07, 6.45) is 3.38. The molecule has 3 N–H and O–H groups in total. The van der Waals surface area contributed by atoms with Crippen molar-refractivity contribution in [3.8, 4) is 11.3 Å². The van der Waals surface area contributed by atoms with Crippen LogP contribution >= 0.6 is 0 Å². The van der Waals surface area contributed by atoms with E-state index >= 15 is 0 Å². The lowest BCUT2D eigenvalue weighted by Crippen LogP contribution is -2.07. The lowest BCUT2D eigenvalue weighted by atomic mass is 10.1. The maximum atomic E-state index is 11.5. The molecule has 0 fully saturated rings. The molecule has 5 rings (SSSR count). The zero-order chi connectivity index (χ0) is 19.6. The molecule has 0 radical (unpaired) electrons. The quantitative estimate of drug-likeness (QED) is 0.554. The van der Waals surface area contributed by atoms with Crippen molar-refractivity contribution in [1.29, 1.82) is 0 Å². The molecule has 0 aliphatic carbocycles. The van der Waals surface area contributed by atoms with Crippen LogP contribution in [0.25, 0.3) is 33.2 Å². The molecule has 0 amide bonds. The molecule has 0 spiro atoms. The number of nitrogen functional groups attached to an aromatic ring is 1. The molecule has 4 heterocycles. The molecule has 1 aromatic carbocycles. The molecule has 7 nitrogen and oxygen atoms in total. The van der Waals surface area contributed by atoms with Gasteiger partial charge in [-0.3, -0.25) is 0 Å². The smallest absolute Gasteiger partial charge is 0.335 e. The molecule has 0 unspecified atom stereocenters. The highest BCUT2D eigenvalue weighted by Gasteiger charge is 2.28. The van der Waals surface area contributed by atoms with Crippen LogP contribution in [0.3, 0.4) is 0 Å². The number of nitrogens with zero attached hydrogens (tertiary/aromatic N) is 4. The Morgan fingerprint density at radius 1 is 1.25 bits per heavy atom. The Morgan fingerprint density at radius 2 is 2.07 bits per heavy atom. The van der Waals surface area contributed by atoms with Gasteiger partial charge < -0.3 is 20.0 Å². The first-order chi connectivity index (χ1) is 13.5. The number of aromatic nitrogens is 4. The molecule has 0 atom stereocenters. The number of rotatable bonds is 2. The van der Waals surface area contributed by atoms with Crippen molar-refractivity contribution >= 4 is 33.7 Å². The molecular weight excluding hydrogens is 354 g/mol. The fraction of sp³-hybridized carbons (Fsp3) is 0.286. The van der Waals surface area contributed by atoms with E-state index in [1.165, 1.54) is 12.0 Å². The van der Waals surface area contributed by atoms with Crippen molar-refractivity contribution in [2.24, 2.45) is 0 Å². The molecule has 3 aromatic heterocycles. The van der Waals surface area contributed by atoms with E-state index in [0.29, 0.717) is 11.4 Å². The van der Waals surface area contributed by atoms with Gasteiger partial charge in [0, 0.05) is 34.7 Å². The molecule has 28 heavy (non-hydrogen) atoms. The van der Waals surface area contributed by atoms with Crippen LogP contribution in [0.2, 0.25) is 0 Å². The van der Waals surface area contributed by atoms with Gasteiger partial charge >= 0.3 is 5.97 Å². The normalized spacial score (nSPS) is 13.7. The zero-order valence-corrected chi connectivity index (χ0v) is 15.8. The summed E-state index contributed by atoms with van der Waals surface area (Å²) in [6, 6.07) is 7.66. The summed E-state index contributed by atoms with van der Waals surface area (Å²) in [5.74, 6) is -0.439. The largest absolute Gasteiger partial charge is 0.478 e. The Morgan fingerprint density at radius 3 is 2.82 bits per heavy atom. The molecule has 4 aromatic rings. The topological polar surface area (TPSA) is 99.0 Å². The minimum atomic E-state index is -0.916. The zero-order valence-electron chi connectivity index (χ0n) is 15.8. The number of fused-ring (bicyclic) bond motifs is 7. The Hall–Kier alpha value is -3.35. The van der Waals surface area contributed by atoms with Crippen molar-refractivity contribution < 1.29 is 9.90 Å². The fourth-order valence-electron chi connectivity index (χ4n) is 4.52. The lowest BCUT2D eigenvalue weighted by Gasteiger charge is -2.13. The van der Waals surface area contributed by atoms with E-state index in [9.17, 15) is 9.90 Å². The second kappa shape index (κ2) is 5.82. The number of carboxylic acid groups (broad SMARTS) is 1. The van der Waals surface area contributed by atoms with E-state index < -0.39 is 5.97 Å². The number of hydrogen-bond acceptors (Lipinski definition) is 4.